The average molecular weight is 830 g/mol. The lowest BCUT2D eigenvalue weighted by molar-refractivity contribution is -0.331. The number of ether oxygens (including phenoxy) is 6. The standard InChI is InChI=1S/C43H59NO15/c1-4-6-12-17-44-38(49)24-18-22(5-2)33(58-41-32(47)31(46)30(45)21(3)54-41)27(19-24)56-42-34(57-40(52)23-13-8-7-9-14-23)28(20-43(53)36(48)37(43)59-42)55-35(39(50)51)29-25-15-10-11-16-26(25)29/h1,7-9,13-14,21-22,24-37,41-42,45-48,53H,5-6,10-12,15-20H2,2-3H3,(H,44,49)(H,50,51)/t21?,22?,24?,25-,26?,27-,28?,29?,30-,31?,32?,33?,34?,35+,36+,37?,41+,42-,43?/m1/s1. The third-order valence-electron chi connectivity index (χ3n) is 13.6. The largest absolute Gasteiger partial charge is 0.479 e. The van der Waals surface area contributed by atoms with E-state index in [4.69, 9.17) is 34.8 Å². The van der Waals surface area contributed by atoms with Crippen molar-refractivity contribution in [2.24, 2.45) is 29.6 Å². The zero-order valence-electron chi connectivity index (χ0n) is 33.5. The first-order valence-corrected chi connectivity index (χ1v) is 21.2. The first-order chi connectivity index (χ1) is 28.3. The zero-order chi connectivity index (χ0) is 42.2. The second-order valence-electron chi connectivity index (χ2n) is 17.3. The van der Waals surface area contributed by atoms with E-state index in [1.807, 2.05) is 6.92 Å². The molecule has 326 valence electrons. The number of aliphatic carboxylic acids is 1. The van der Waals surface area contributed by atoms with Crippen molar-refractivity contribution in [3.05, 3.63) is 35.9 Å². The predicted octanol–water partition coefficient (Wildman–Crippen LogP) is 1.27. The number of hydrogen-bond acceptors (Lipinski definition) is 14. The number of fused-ring (bicyclic) bond motifs is 2. The van der Waals surface area contributed by atoms with E-state index in [0.717, 1.165) is 25.7 Å². The van der Waals surface area contributed by atoms with Crippen molar-refractivity contribution in [3.63, 3.8) is 0 Å². The number of nitrogens with one attached hydrogen (secondary N) is 1. The van der Waals surface area contributed by atoms with Gasteiger partial charge in [0.25, 0.3) is 0 Å². The second-order valence-corrected chi connectivity index (χ2v) is 17.3. The number of unbranched alkanes of at least 4 members (excludes halogenated alkanes) is 1. The van der Waals surface area contributed by atoms with Gasteiger partial charge in [-0.25, -0.2) is 9.59 Å². The molecule has 4 saturated carbocycles. The Hall–Kier alpha value is -3.21. The third-order valence-corrected chi connectivity index (χ3v) is 13.6. The summed E-state index contributed by atoms with van der Waals surface area (Å²) >= 11 is 0. The van der Waals surface area contributed by atoms with Crippen LogP contribution in [0.25, 0.3) is 0 Å². The SMILES string of the molecule is C#CCCCNC(=O)C1CC(CC)C(O[C@@H]2OC(C)[C@@H](O)C(O)C2O)[C@H](O[C@@H]2OC3[C@H](O)C3(O)CC(O[C@H](C(=O)O)C3C4CCCC[C@H]43)C2OC(=O)c2ccccc2)C1. The van der Waals surface area contributed by atoms with Gasteiger partial charge in [-0.05, 0) is 68.9 Å². The molecule has 7 N–H and O–H groups in total. The van der Waals surface area contributed by atoms with Gasteiger partial charge >= 0.3 is 11.9 Å². The van der Waals surface area contributed by atoms with Crippen LogP contribution in [-0.2, 0) is 38.0 Å². The zero-order valence-corrected chi connectivity index (χ0v) is 33.5. The van der Waals surface area contributed by atoms with Gasteiger partial charge in [-0.15, -0.1) is 12.3 Å². The summed E-state index contributed by atoms with van der Waals surface area (Å²) in [4.78, 5) is 40.5. The summed E-state index contributed by atoms with van der Waals surface area (Å²) in [6.07, 6.45) is -6.75. The van der Waals surface area contributed by atoms with Crippen molar-refractivity contribution < 1.29 is 73.4 Å². The van der Waals surface area contributed by atoms with E-state index >= 15 is 0 Å². The van der Waals surface area contributed by atoms with Gasteiger partial charge < -0.3 is 64.4 Å². The molecule has 2 saturated heterocycles. The molecule has 1 aromatic rings. The normalized spacial score (nSPS) is 43.1. The molecule has 1 amide bonds. The van der Waals surface area contributed by atoms with E-state index in [2.05, 4.69) is 11.2 Å². The van der Waals surface area contributed by atoms with E-state index < -0.39 is 109 Å². The highest BCUT2D eigenvalue weighted by Gasteiger charge is 2.71. The maximum atomic E-state index is 13.9. The molecule has 16 nitrogen and oxygen atoms in total. The molecule has 12 unspecified atom stereocenters. The fraction of sp³-hybridized carbons (Fsp3) is 0.744. The number of aliphatic hydroxyl groups excluding tert-OH is 4. The number of carboxylic acids is 1. The lowest BCUT2D eigenvalue weighted by Gasteiger charge is -2.46. The van der Waals surface area contributed by atoms with Crippen LogP contribution in [0, 0.1) is 41.9 Å². The lowest BCUT2D eigenvalue weighted by atomic mass is 9.75. The molecule has 4 aliphatic carbocycles. The third kappa shape index (κ3) is 9.21. The molecule has 0 bridgehead atoms. The molecule has 7 rings (SSSR count). The number of carboxylic acid groups (broad SMARTS) is 1. The summed E-state index contributed by atoms with van der Waals surface area (Å²) in [5.74, 6) is -0.715. The minimum absolute atomic E-state index is 0.0249. The van der Waals surface area contributed by atoms with E-state index in [-0.39, 0.29) is 42.1 Å². The Bertz CT molecular complexity index is 1660. The smallest absolute Gasteiger partial charge is 0.338 e. The van der Waals surface area contributed by atoms with Crippen LogP contribution in [-0.4, -0.2) is 140 Å². The summed E-state index contributed by atoms with van der Waals surface area (Å²) < 4.78 is 38.0. The van der Waals surface area contributed by atoms with Gasteiger partial charge in [0.15, 0.2) is 24.8 Å². The average Bonchev–Trinajstić information content (AvgIpc) is 4.09. The fourth-order valence-electron chi connectivity index (χ4n) is 10.0. The molecule has 0 spiro atoms. The maximum absolute atomic E-state index is 13.9. The van der Waals surface area contributed by atoms with Crippen molar-refractivity contribution in [1.82, 2.24) is 5.32 Å². The number of carbonyl (C=O) groups is 3. The van der Waals surface area contributed by atoms with Crippen LogP contribution in [0.1, 0.15) is 88.4 Å². The highest BCUT2D eigenvalue weighted by atomic mass is 16.7. The predicted molar refractivity (Wildman–Crippen MR) is 205 cm³/mol. The number of aliphatic hydroxyl groups is 5. The number of carbonyl (C=O) groups excluding carboxylic acids is 2. The van der Waals surface area contributed by atoms with Gasteiger partial charge in [-0.3, -0.25) is 4.79 Å². The number of esters is 1. The van der Waals surface area contributed by atoms with Crippen LogP contribution in [0.3, 0.4) is 0 Å². The Labute approximate surface area is 343 Å². The minimum Gasteiger partial charge on any atom is -0.479 e. The van der Waals surface area contributed by atoms with Crippen LogP contribution in [0.4, 0.5) is 0 Å². The molecule has 59 heavy (non-hydrogen) atoms. The second kappa shape index (κ2) is 18.4. The Kier molecular flexibility index (Phi) is 13.7. The molecule has 6 fully saturated rings. The Morgan fingerprint density at radius 3 is 2.32 bits per heavy atom. The minimum atomic E-state index is -1.89. The molecule has 1 aromatic carbocycles. The summed E-state index contributed by atoms with van der Waals surface area (Å²) in [7, 11) is 0. The molecule has 19 atom stereocenters. The van der Waals surface area contributed by atoms with Crippen molar-refractivity contribution in [2.75, 3.05) is 6.54 Å². The fourth-order valence-corrected chi connectivity index (χ4v) is 10.0. The Morgan fingerprint density at radius 2 is 1.66 bits per heavy atom. The van der Waals surface area contributed by atoms with Crippen molar-refractivity contribution >= 4 is 17.8 Å². The Morgan fingerprint density at radius 1 is 0.949 bits per heavy atom. The van der Waals surface area contributed by atoms with Crippen molar-refractivity contribution in [3.8, 4) is 12.3 Å². The van der Waals surface area contributed by atoms with E-state index in [0.29, 0.717) is 32.2 Å². The number of terminal acetylenes is 1. The highest BCUT2D eigenvalue weighted by molar-refractivity contribution is 5.89. The summed E-state index contributed by atoms with van der Waals surface area (Å²) in [6, 6.07) is 8.11. The van der Waals surface area contributed by atoms with Gasteiger partial charge in [0.05, 0.1) is 23.9 Å². The van der Waals surface area contributed by atoms with E-state index in [1.54, 1.807) is 30.3 Å². The van der Waals surface area contributed by atoms with E-state index in [1.165, 1.54) is 6.92 Å². The monoisotopic (exact) mass is 829 g/mol. The molecule has 6 aliphatic rings. The first-order valence-electron chi connectivity index (χ1n) is 21.2. The van der Waals surface area contributed by atoms with Gasteiger partial charge in [-0.1, -0.05) is 44.4 Å². The van der Waals surface area contributed by atoms with Gasteiger partial charge in [0, 0.05) is 31.2 Å². The number of benzene rings is 1. The van der Waals surface area contributed by atoms with E-state index in [9.17, 15) is 45.0 Å². The number of hydrogen-bond donors (Lipinski definition) is 7. The molecule has 0 aromatic heterocycles. The summed E-state index contributed by atoms with van der Waals surface area (Å²) in [6.45, 7) is 3.76. The molecule has 0 radical (unpaired) electrons. The summed E-state index contributed by atoms with van der Waals surface area (Å²) in [5.41, 5.74) is -1.71. The van der Waals surface area contributed by atoms with Gasteiger partial charge in [0.1, 0.15) is 42.2 Å². The van der Waals surface area contributed by atoms with Gasteiger partial charge in [0.2, 0.25) is 5.91 Å². The number of amides is 1. The van der Waals surface area contributed by atoms with Crippen LogP contribution < -0.4 is 5.32 Å². The summed E-state index contributed by atoms with van der Waals surface area (Å²) in [5, 5.41) is 68.2. The van der Waals surface area contributed by atoms with Crippen LogP contribution in [0.15, 0.2) is 30.3 Å². The van der Waals surface area contributed by atoms with Crippen LogP contribution in [0.5, 0.6) is 0 Å². The van der Waals surface area contributed by atoms with Crippen molar-refractivity contribution in [2.45, 2.75) is 163 Å². The molecular weight excluding hydrogens is 770 g/mol. The van der Waals surface area contributed by atoms with Crippen LogP contribution >= 0.6 is 0 Å². The quantitative estimate of drug-likeness (QED) is 0.0749. The highest BCUT2D eigenvalue weighted by Crippen LogP contribution is 2.58. The molecular formula is C43H59NO15. The molecule has 2 aliphatic heterocycles. The Balaban J connectivity index is 1.23. The molecule has 2 heterocycles. The van der Waals surface area contributed by atoms with Gasteiger partial charge in [-0.2, -0.15) is 0 Å². The molecule has 16 heteroatoms. The lowest BCUT2D eigenvalue weighted by Crippen LogP contribution is -2.60. The first kappa shape index (κ1) is 43.9. The number of rotatable bonds is 15. The topological polar surface area (TPSA) is 240 Å². The maximum Gasteiger partial charge on any atom is 0.338 e. The van der Waals surface area contributed by atoms with Crippen LogP contribution in [0.2, 0.25) is 0 Å². The van der Waals surface area contributed by atoms with Crippen molar-refractivity contribution in [1.29, 1.82) is 0 Å².